The van der Waals surface area contributed by atoms with Crippen molar-refractivity contribution >= 4 is 46.9 Å². The number of rotatable bonds is 11. The van der Waals surface area contributed by atoms with Crippen molar-refractivity contribution in [3.63, 3.8) is 0 Å². The van der Waals surface area contributed by atoms with Gasteiger partial charge in [0.15, 0.2) is 11.6 Å². The summed E-state index contributed by atoms with van der Waals surface area (Å²) in [7, 11) is 3.66. The summed E-state index contributed by atoms with van der Waals surface area (Å²) in [5, 5.41) is 23.0. The van der Waals surface area contributed by atoms with E-state index in [4.69, 9.17) is 4.74 Å². The Balaban J connectivity index is 1.69. The molecule has 0 bridgehead atoms. The number of anilines is 1. The van der Waals surface area contributed by atoms with E-state index in [1.807, 2.05) is 0 Å². The third kappa shape index (κ3) is 7.75. The van der Waals surface area contributed by atoms with Crippen LogP contribution in [0.2, 0.25) is 0 Å². The van der Waals surface area contributed by atoms with Crippen molar-refractivity contribution in [2.45, 2.75) is 11.6 Å². The molecule has 0 fully saturated rings. The van der Waals surface area contributed by atoms with E-state index in [-0.39, 0.29) is 27.3 Å². The van der Waals surface area contributed by atoms with E-state index >= 15 is 8.78 Å². The van der Waals surface area contributed by atoms with Gasteiger partial charge in [0.25, 0.3) is 11.8 Å². The van der Waals surface area contributed by atoms with Gasteiger partial charge in [-0.2, -0.15) is 13.2 Å². The fourth-order valence-electron chi connectivity index (χ4n) is 4.64. The Kier molecular flexibility index (Phi) is 11.0. The molecular formula is C33H25F5N2O10S. The van der Waals surface area contributed by atoms with Crippen molar-refractivity contribution in [3.05, 3.63) is 99.2 Å². The summed E-state index contributed by atoms with van der Waals surface area (Å²) >= 11 is 0.725. The smallest absolute Gasteiger partial charge is 0.497 e. The molecule has 4 rings (SSSR count). The lowest BCUT2D eigenvalue weighted by Crippen LogP contribution is -2.47. The van der Waals surface area contributed by atoms with Gasteiger partial charge in [-0.25, -0.2) is 13.6 Å². The van der Waals surface area contributed by atoms with Gasteiger partial charge >= 0.3 is 24.3 Å². The van der Waals surface area contributed by atoms with Gasteiger partial charge in [-0.1, -0.05) is 18.2 Å². The summed E-state index contributed by atoms with van der Waals surface area (Å²) in [6.07, 6.45) is -6.58. The van der Waals surface area contributed by atoms with E-state index in [1.54, 1.807) is 0 Å². The van der Waals surface area contributed by atoms with Crippen LogP contribution in [0.5, 0.6) is 11.5 Å². The number of thiophene rings is 1. The number of methoxy groups -OCH3 is 1. The van der Waals surface area contributed by atoms with Crippen LogP contribution in [-0.2, 0) is 25.9 Å². The maximum atomic E-state index is 15.9. The average molecular weight is 737 g/mol. The first-order valence-electron chi connectivity index (χ1n) is 14.2. The van der Waals surface area contributed by atoms with Gasteiger partial charge in [0.1, 0.15) is 17.9 Å². The lowest BCUT2D eigenvalue weighted by atomic mass is 9.87. The molecule has 0 atom stereocenters. The molecule has 0 saturated carbocycles. The summed E-state index contributed by atoms with van der Waals surface area (Å²) in [6.45, 7) is -1.36. The topological polar surface area (TPSA) is 169 Å². The number of carboxylic acids is 2. The summed E-state index contributed by atoms with van der Waals surface area (Å²) < 4.78 is 85.2. The lowest BCUT2D eigenvalue weighted by Gasteiger charge is -2.23. The highest BCUT2D eigenvalue weighted by Crippen LogP contribution is 2.36. The van der Waals surface area contributed by atoms with E-state index in [9.17, 15) is 47.4 Å². The molecule has 2 amide bonds. The first kappa shape index (κ1) is 37.8. The molecule has 0 radical (unpaired) electrons. The van der Waals surface area contributed by atoms with Gasteiger partial charge in [0, 0.05) is 30.6 Å². The number of benzene rings is 3. The monoisotopic (exact) mass is 736 g/mol. The maximum Gasteiger partial charge on any atom is 0.514 e. The second-order valence-electron chi connectivity index (χ2n) is 10.7. The van der Waals surface area contributed by atoms with Crippen molar-refractivity contribution in [1.29, 1.82) is 0 Å². The number of carbonyl (C=O) groups is 5. The first-order chi connectivity index (χ1) is 23.9. The second-order valence-corrected chi connectivity index (χ2v) is 11.6. The molecule has 4 aromatic rings. The van der Waals surface area contributed by atoms with Crippen LogP contribution in [0, 0.1) is 11.6 Å². The summed E-state index contributed by atoms with van der Waals surface area (Å²) in [5.41, 5.74) is -5.56. The van der Waals surface area contributed by atoms with Gasteiger partial charge in [0.05, 0.1) is 18.4 Å². The van der Waals surface area contributed by atoms with Gasteiger partial charge in [-0.3, -0.25) is 19.2 Å². The minimum Gasteiger partial charge on any atom is -0.497 e. The Hall–Kier alpha value is -6.04. The summed E-state index contributed by atoms with van der Waals surface area (Å²) in [4.78, 5) is 63.7. The Morgan fingerprint density at radius 2 is 1.57 bits per heavy atom. The fourth-order valence-corrected chi connectivity index (χ4v) is 5.54. The number of nitrogens with zero attached hydrogens (tertiary/aromatic N) is 1. The molecule has 268 valence electrons. The highest BCUT2D eigenvalue weighted by Gasteiger charge is 2.51. The third-order valence-corrected chi connectivity index (χ3v) is 8.33. The zero-order valence-corrected chi connectivity index (χ0v) is 27.3. The number of ether oxygens (including phenoxy) is 3. The van der Waals surface area contributed by atoms with Gasteiger partial charge in [-0.15, -0.1) is 11.3 Å². The van der Waals surface area contributed by atoms with Crippen molar-refractivity contribution < 1.29 is 70.3 Å². The number of hydrogen-bond acceptors (Lipinski definition) is 9. The van der Waals surface area contributed by atoms with Crippen LogP contribution in [0.1, 0.15) is 31.2 Å². The zero-order valence-electron chi connectivity index (χ0n) is 26.5. The Bertz CT molecular complexity index is 1980. The van der Waals surface area contributed by atoms with Crippen molar-refractivity contribution in [2.24, 2.45) is 0 Å². The number of nitrogens with one attached hydrogen (secondary N) is 1. The van der Waals surface area contributed by atoms with Crippen LogP contribution in [0.3, 0.4) is 0 Å². The molecule has 0 aliphatic heterocycles. The zero-order chi connectivity index (χ0) is 37.8. The van der Waals surface area contributed by atoms with E-state index in [1.165, 1.54) is 50.9 Å². The predicted octanol–water partition coefficient (Wildman–Crippen LogP) is 6.30. The molecule has 0 spiro atoms. The number of carboxylic acid groups (broad SMARTS) is 2. The van der Waals surface area contributed by atoms with Crippen LogP contribution >= 0.6 is 11.3 Å². The normalized spacial score (nSPS) is 11.4. The minimum absolute atomic E-state index is 0.0473. The Labute approximate surface area is 288 Å². The second kappa shape index (κ2) is 14.8. The van der Waals surface area contributed by atoms with Crippen LogP contribution in [-0.4, -0.2) is 72.8 Å². The van der Waals surface area contributed by atoms with E-state index in [2.05, 4.69) is 14.8 Å². The van der Waals surface area contributed by atoms with Gasteiger partial charge < -0.3 is 34.6 Å². The van der Waals surface area contributed by atoms with Crippen molar-refractivity contribution in [1.82, 2.24) is 4.90 Å². The highest BCUT2D eigenvalue weighted by atomic mass is 32.1. The summed E-state index contributed by atoms with van der Waals surface area (Å²) in [6, 6.07) is 10.6. The van der Waals surface area contributed by atoms with Crippen molar-refractivity contribution in [3.8, 4) is 22.6 Å². The third-order valence-electron chi connectivity index (χ3n) is 7.30. The van der Waals surface area contributed by atoms with E-state index in [0.717, 1.165) is 46.6 Å². The number of amides is 2. The predicted molar refractivity (Wildman–Crippen MR) is 169 cm³/mol. The number of aliphatic carboxylic acids is 2. The summed E-state index contributed by atoms with van der Waals surface area (Å²) in [5.74, 6) is -10.8. The van der Waals surface area contributed by atoms with Crippen LogP contribution in [0.25, 0.3) is 11.1 Å². The Morgan fingerprint density at radius 3 is 2.10 bits per heavy atom. The molecule has 3 aromatic carbocycles. The number of hydrogen-bond donors (Lipinski definition) is 3. The molecule has 51 heavy (non-hydrogen) atoms. The molecule has 3 N–H and O–H groups in total. The van der Waals surface area contributed by atoms with E-state index < -0.39 is 82.3 Å². The molecule has 1 aromatic heterocycles. The van der Waals surface area contributed by atoms with Gasteiger partial charge in [0.2, 0.25) is 11.2 Å². The standard InChI is InChI=1S/C33H25F5N2O10S/c1-40(2)28(42)24-22(39-27(41)19-11-10-18(48-3)13-20(19)16-6-8-17(9-7-16)33(36,37)38)14-21(34)26(25(24)35)50-31(47)49-15-32(29(43)44,30(45)46)23-5-4-12-51-23/h4-14H,15H2,1-3H3,(H,39,41)(H,43,44)(H,45,46). The molecule has 18 heteroatoms. The largest absolute Gasteiger partial charge is 0.514 e. The van der Waals surface area contributed by atoms with Gasteiger partial charge in [-0.05, 0) is 52.9 Å². The maximum absolute atomic E-state index is 15.9. The molecule has 0 unspecified atom stereocenters. The lowest BCUT2D eigenvalue weighted by molar-refractivity contribution is -0.160. The van der Waals surface area contributed by atoms with Crippen LogP contribution in [0.4, 0.5) is 32.4 Å². The Morgan fingerprint density at radius 1 is 0.922 bits per heavy atom. The number of alkyl halides is 3. The number of carbonyl (C=O) groups excluding carboxylic acids is 3. The SMILES string of the molecule is COc1ccc(C(=O)Nc2cc(F)c(OC(=O)OCC(C(=O)O)(C(=O)O)c3cccs3)c(F)c2C(=O)N(C)C)c(-c2ccc(C(F)(F)F)cc2)c1. The molecule has 12 nitrogen and oxygen atoms in total. The van der Waals surface area contributed by atoms with Crippen LogP contribution < -0.4 is 14.8 Å². The quantitative estimate of drug-likeness (QED) is 0.0688. The molecule has 1 heterocycles. The highest BCUT2D eigenvalue weighted by molar-refractivity contribution is 7.10. The average Bonchev–Trinajstić information content (AvgIpc) is 3.61. The van der Waals surface area contributed by atoms with E-state index in [0.29, 0.717) is 6.07 Å². The first-order valence-corrected chi connectivity index (χ1v) is 15.1. The molecule has 0 saturated heterocycles. The molecule has 0 aliphatic rings. The van der Waals surface area contributed by atoms with Crippen LogP contribution in [0.15, 0.2) is 66.0 Å². The molecule has 0 aliphatic carbocycles. The number of halogens is 5. The molecular weight excluding hydrogens is 711 g/mol. The minimum atomic E-state index is -4.64. The fraction of sp³-hybridized carbons (Fsp3) is 0.182. The van der Waals surface area contributed by atoms with Crippen molar-refractivity contribution in [2.75, 3.05) is 33.1 Å².